The highest BCUT2D eigenvalue weighted by Crippen LogP contribution is 2.31. The van der Waals surface area contributed by atoms with Crippen molar-refractivity contribution in [2.75, 3.05) is 37.8 Å². The van der Waals surface area contributed by atoms with Crippen LogP contribution in [0.2, 0.25) is 0 Å². The van der Waals surface area contributed by atoms with Gasteiger partial charge in [0, 0.05) is 38.0 Å². The summed E-state index contributed by atoms with van der Waals surface area (Å²) in [6.07, 6.45) is 3.17. The topological polar surface area (TPSA) is 53.4 Å². The molecule has 160 valence electrons. The molecule has 1 aromatic heterocycles. The summed E-state index contributed by atoms with van der Waals surface area (Å²) in [5.74, 6) is 2.24. The lowest BCUT2D eigenvalue weighted by molar-refractivity contribution is -0.131. The summed E-state index contributed by atoms with van der Waals surface area (Å²) in [5.41, 5.74) is 3.54. The van der Waals surface area contributed by atoms with E-state index >= 15 is 0 Å². The molecule has 0 radical (unpaired) electrons. The van der Waals surface area contributed by atoms with E-state index in [0.29, 0.717) is 18.0 Å². The number of piperidine rings is 1. The van der Waals surface area contributed by atoms with Gasteiger partial charge in [0.1, 0.15) is 0 Å². The smallest absolute Gasteiger partial charge is 0.240 e. The number of nitrogens with zero attached hydrogens (tertiary/aromatic N) is 4. The van der Waals surface area contributed by atoms with Gasteiger partial charge in [0.05, 0.1) is 29.3 Å². The third-order valence-corrected chi connectivity index (χ3v) is 7.72. The van der Waals surface area contributed by atoms with Crippen molar-refractivity contribution in [1.82, 2.24) is 24.9 Å². The van der Waals surface area contributed by atoms with Crippen LogP contribution in [-0.2, 0) is 4.79 Å². The summed E-state index contributed by atoms with van der Waals surface area (Å²) < 4.78 is 2.26. The summed E-state index contributed by atoms with van der Waals surface area (Å²) >= 11 is 1.86. The molecule has 2 aromatic rings. The zero-order valence-electron chi connectivity index (χ0n) is 17.7. The molecule has 0 bridgehead atoms. The first-order valence-corrected chi connectivity index (χ1v) is 12.3. The fourth-order valence-corrected chi connectivity index (χ4v) is 6.06. The molecular formula is C23H31N5OS. The van der Waals surface area contributed by atoms with Gasteiger partial charge < -0.3 is 10.2 Å². The molecule has 0 aliphatic carbocycles. The predicted octanol–water partition coefficient (Wildman–Crippen LogP) is 2.76. The first kappa shape index (κ1) is 20.1. The van der Waals surface area contributed by atoms with E-state index in [2.05, 4.69) is 58.2 Å². The van der Waals surface area contributed by atoms with Crippen molar-refractivity contribution in [2.45, 2.75) is 44.3 Å². The molecule has 1 aromatic carbocycles. The maximum absolute atomic E-state index is 12.7. The minimum atomic E-state index is 0.00451. The van der Waals surface area contributed by atoms with Gasteiger partial charge in [-0.05, 0) is 37.8 Å². The Morgan fingerprint density at radius 3 is 2.67 bits per heavy atom. The minimum Gasteiger partial charge on any atom is -0.331 e. The van der Waals surface area contributed by atoms with Gasteiger partial charge >= 0.3 is 0 Å². The molecule has 6 nitrogen and oxygen atoms in total. The lowest BCUT2D eigenvalue weighted by Crippen LogP contribution is -2.43. The number of amides is 1. The van der Waals surface area contributed by atoms with Gasteiger partial charge in [0.2, 0.25) is 5.91 Å². The van der Waals surface area contributed by atoms with E-state index in [-0.39, 0.29) is 6.04 Å². The summed E-state index contributed by atoms with van der Waals surface area (Å²) in [6.45, 7) is 6.07. The van der Waals surface area contributed by atoms with Gasteiger partial charge in [-0.15, -0.1) is 11.8 Å². The van der Waals surface area contributed by atoms with Crippen LogP contribution in [0.1, 0.15) is 31.0 Å². The van der Waals surface area contributed by atoms with Crippen molar-refractivity contribution in [3.8, 4) is 11.3 Å². The van der Waals surface area contributed by atoms with Crippen LogP contribution >= 0.6 is 11.8 Å². The van der Waals surface area contributed by atoms with E-state index < -0.39 is 0 Å². The van der Waals surface area contributed by atoms with E-state index in [1.165, 1.54) is 11.3 Å². The number of thioether (sulfide) groups is 1. The second-order valence-electron chi connectivity index (χ2n) is 8.74. The third-order valence-electron chi connectivity index (χ3n) is 6.76. The van der Waals surface area contributed by atoms with Gasteiger partial charge in [-0.2, -0.15) is 5.10 Å². The highest BCUT2D eigenvalue weighted by atomic mass is 32.2. The molecule has 0 saturated carbocycles. The molecule has 1 amide bonds. The second-order valence-corrected chi connectivity index (χ2v) is 9.81. The molecule has 5 rings (SSSR count). The predicted molar refractivity (Wildman–Crippen MR) is 121 cm³/mol. The number of carbonyl (C=O) groups excluding carboxylic acids is 1. The molecule has 7 heteroatoms. The third kappa shape index (κ3) is 4.03. The Morgan fingerprint density at radius 2 is 1.93 bits per heavy atom. The molecule has 2 atom stereocenters. The summed E-state index contributed by atoms with van der Waals surface area (Å²) in [4.78, 5) is 17.3. The van der Waals surface area contributed by atoms with Crippen molar-refractivity contribution in [3.63, 3.8) is 0 Å². The van der Waals surface area contributed by atoms with Crippen molar-refractivity contribution < 1.29 is 4.79 Å². The fourth-order valence-electron chi connectivity index (χ4n) is 5.11. The van der Waals surface area contributed by atoms with Crippen molar-refractivity contribution >= 4 is 17.7 Å². The fraction of sp³-hybridized carbons (Fsp3) is 0.565. The number of likely N-dealkylation sites (tertiary alicyclic amines) is 1. The quantitative estimate of drug-likeness (QED) is 0.816. The van der Waals surface area contributed by atoms with Gasteiger partial charge in [-0.1, -0.05) is 30.3 Å². The van der Waals surface area contributed by atoms with Gasteiger partial charge in [-0.25, -0.2) is 0 Å². The normalized spacial score (nSPS) is 25.8. The van der Waals surface area contributed by atoms with Gasteiger partial charge in [0.15, 0.2) is 0 Å². The van der Waals surface area contributed by atoms with Crippen molar-refractivity contribution in [1.29, 1.82) is 0 Å². The van der Waals surface area contributed by atoms with Crippen LogP contribution in [0.15, 0.2) is 36.4 Å². The van der Waals surface area contributed by atoms with E-state index in [9.17, 15) is 4.79 Å². The van der Waals surface area contributed by atoms with Crippen molar-refractivity contribution in [2.24, 2.45) is 0 Å². The molecule has 0 unspecified atom stereocenters. The summed E-state index contributed by atoms with van der Waals surface area (Å²) in [5, 5.41) is 8.34. The highest BCUT2D eigenvalue weighted by molar-refractivity contribution is 7.99. The average molecular weight is 426 g/mol. The molecule has 30 heavy (non-hydrogen) atoms. The number of rotatable bonds is 4. The number of hydrogen-bond donors (Lipinski definition) is 1. The number of nitrogens with one attached hydrogen (secondary N) is 1. The Labute approximate surface area is 183 Å². The first-order valence-electron chi connectivity index (χ1n) is 11.1. The maximum atomic E-state index is 12.7. The number of carbonyl (C=O) groups is 1. The lowest BCUT2D eigenvalue weighted by atomic mass is 10.0. The average Bonchev–Trinajstić information content (AvgIpc) is 3.55. The number of aryl methyl sites for hydroxylation is 1. The van der Waals surface area contributed by atoms with E-state index in [1.54, 1.807) is 0 Å². The second kappa shape index (κ2) is 8.73. The Morgan fingerprint density at radius 1 is 1.13 bits per heavy atom. The molecule has 3 fully saturated rings. The van der Waals surface area contributed by atoms with E-state index in [4.69, 9.17) is 5.10 Å². The van der Waals surface area contributed by atoms with Crippen molar-refractivity contribution in [3.05, 3.63) is 42.1 Å². The molecule has 0 spiro atoms. The first-order chi connectivity index (χ1) is 14.7. The largest absolute Gasteiger partial charge is 0.331 e. The van der Waals surface area contributed by atoms with Crippen LogP contribution in [0.4, 0.5) is 0 Å². The van der Waals surface area contributed by atoms with E-state index in [0.717, 1.165) is 62.8 Å². The monoisotopic (exact) mass is 425 g/mol. The Balaban J connectivity index is 1.20. The Kier molecular flexibility index (Phi) is 5.85. The van der Waals surface area contributed by atoms with Crippen LogP contribution < -0.4 is 5.32 Å². The van der Waals surface area contributed by atoms with Crippen LogP contribution in [0.3, 0.4) is 0 Å². The number of hydrogen-bond acceptors (Lipinski definition) is 5. The summed E-state index contributed by atoms with van der Waals surface area (Å²) in [7, 11) is 0. The van der Waals surface area contributed by atoms with Crippen LogP contribution in [0, 0.1) is 6.92 Å². The van der Waals surface area contributed by atoms with Crippen LogP contribution in [0.5, 0.6) is 0 Å². The maximum Gasteiger partial charge on any atom is 0.240 e. The van der Waals surface area contributed by atoms with E-state index in [1.807, 2.05) is 16.7 Å². The Hall–Kier alpha value is -1.83. The Bertz CT molecular complexity index is 871. The van der Waals surface area contributed by atoms with Crippen LogP contribution in [-0.4, -0.2) is 75.4 Å². The SMILES string of the molecule is Cc1cc(-c2ccccc2)n(C2CCN([C@@H]3CN[C@H](C(=O)N4CCSC4)C3)CC2)n1. The summed E-state index contributed by atoms with van der Waals surface area (Å²) in [6, 6.07) is 13.7. The lowest BCUT2D eigenvalue weighted by Gasteiger charge is -2.36. The van der Waals surface area contributed by atoms with Crippen LogP contribution in [0.25, 0.3) is 11.3 Å². The molecule has 3 aliphatic rings. The zero-order valence-corrected chi connectivity index (χ0v) is 18.5. The molecule has 3 saturated heterocycles. The van der Waals surface area contributed by atoms with Gasteiger partial charge in [0.25, 0.3) is 0 Å². The molecule has 4 heterocycles. The van der Waals surface area contributed by atoms with Gasteiger partial charge in [-0.3, -0.25) is 14.4 Å². The number of aromatic nitrogens is 2. The molecule has 3 aliphatic heterocycles. The minimum absolute atomic E-state index is 0.00451. The molecule has 1 N–H and O–H groups in total. The highest BCUT2D eigenvalue weighted by Gasteiger charge is 2.37. The standard InChI is InChI=1S/C23H31N5OS/c1-17-13-22(18-5-3-2-4-6-18)28(25-17)19-7-9-26(10-8-19)20-14-21(24-15-20)23(29)27-11-12-30-16-27/h2-6,13,19-21,24H,7-12,14-16H2,1H3/t20-,21-/m0/s1. The molecular weight excluding hydrogens is 394 g/mol. The zero-order chi connectivity index (χ0) is 20.5. The number of benzene rings is 1.